The Morgan fingerprint density at radius 1 is 1.07 bits per heavy atom. The molecule has 0 aliphatic rings. The summed E-state index contributed by atoms with van der Waals surface area (Å²) in [7, 11) is 1.85. The van der Waals surface area contributed by atoms with Gasteiger partial charge in [0.2, 0.25) is 17.6 Å². The van der Waals surface area contributed by atoms with E-state index in [2.05, 4.69) is 41.4 Å². The van der Waals surface area contributed by atoms with E-state index in [-0.39, 0.29) is 12.5 Å². The normalized spacial score (nSPS) is 11.0. The van der Waals surface area contributed by atoms with Crippen LogP contribution in [0.15, 0.2) is 53.1 Å². The van der Waals surface area contributed by atoms with Gasteiger partial charge in [0.1, 0.15) is 0 Å². The van der Waals surface area contributed by atoms with E-state index < -0.39 is 0 Å². The molecule has 6 heteroatoms. The molecule has 0 saturated carbocycles. The molecule has 0 radical (unpaired) electrons. The number of hydrogen-bond donors (Lipinski definition) is 1. The van der Waals surface area contributed by atoms with E-state index in [1.54, 1.807) is 0 Å². The second kappa shape index (κ2) is 9.28. The van der Waals surface area contributed by atoms with Gasteiger partial charge >= 0.3 is 0 Å². The van der Waals surface area contributed by atoms with Gasteiger partial charge in [0.25, 0.3) is 0 Å². The zero-order valence-electron chi connectivity index (χ0n) is 16.6. The van der Waals surface area contributed by atoms with E-state index in [4.69, 9.17) is 4.52 Å². The van der Waals surface area contributed by atoms with E-state index in [1.165, 1.54) is 5.56 Å². The molecule has 1 heterocycles. The van der Waals surface area contributed by atoms with Gasteiger partial charge in [0.15, 0.2) is 0 Å². The fourth-order valence-electron chi connectivity index (χ4n) is 3.00. The Morgan fingerprint density at radius 2 is 1.82 bits per heavy atom. The number of aromatic nitrogens is 2. The van der Waals surface area contributed by atoms with Gasteiger partial charge < -0.3 is 9.84 Å². The zero-order chi connectivity index (χ0) is 19.9. The van der Waals surface area contributed by atoms with Gasteiger partial charge in [0, 0.05) is 11.3 Å². The number of benzene rings is 2. The predicted octanol–water partition coefficient (Wildman–Crippen LogP) is 3.93. The third kappa shape index (κ3) is 5.04. The average molecular weight is 378 g/mol. The lowest BCUT2D eigenvalue weighted by Gasteiger charge is -2.15. The van der Waals surface area contributed by atoms with Gasteiger partial charge in [-0.25, -0.2) is 0 Å². The lowest BCUT2D eigenvalue weighted by Crippen LogP contribution is -2.30. The summed E-state index contributed by atoms with van der Waals surface area (Å²) in [4.78, 5) is 18.6. The highest BCUT2D eigenvalue weighted by Crippen LogP contribution is 2.18. The number of amides is 1. The number of para-hydroxylation sites is 1. The maximum atomic E-state index is 12.3. The van der Waals surface area contributed by atoms with Gasteiger partial charge in [-0.2, -0.15) is 4.98 Å². The van der Waals surface area contributed by atoms with Crippen LogP contribution in [0.25, 0.3) is 11.4 Å². The first-order chi connectivity index (χ1) is 13.6. The highest BCUT2D eigenvalue weighted by Gasteiger charge is 2.14. The summed E-state index contributed by atoms with van der Waals surface area (Å²) in [5, 5.41) is 7.02. The van der Waals surface area contributed by atoms with Gasteiger partial charge in [-0.3, -0.25) is 9.69 Å². The summed E-state index contributed by atoms with van der Waals surface area (Å²) in [6, 6.07) is 16.0. The first kappa shape index (κ1) is 19.8. The molecule has 0 unspecified atom stereocenters. The Labute approximate surface area is 165 Å². The largest absolute Gasteiger partial charge is 0.338 e. The molecular weight excluding hydrogens is 352 g/mol. The number of likely N-dealkylation sites (N-methyl/N-ethyl adjacent to an activating group) is 1. The van der Waals surface area contributed by atoms with Gasteiger partial charge in [-0.15, -0.1) is 0 Å². The Bertz CT molecular complexity index is 918. The van der Waals surface area contributed by atoms with Crippen molar-refractivity contribution in [2.24, 2.45) is 0 Å². The van der Waals surface area contributed by atoms with Crippen LogP contribution < -0.4 is 5.32 Å². The molecular formula is C22H26N4O2. The van der Waals surface area contributed by atoms with Crippen LogP contribution in [0.3, 0.4) is 0 Å². The second-order valence-electron chi connectivity index (χ2n) is 6.79. The number of carbonyl (C=O) groups excluding carboxylic acids is 1. The molecule has 1 N–H and O–H groups in total. The summed E-state index contributed by atoms with van der Waals surface area (Å²) in [6.45, 7) is 4.83. The van der Waals surface area contributed by atoms with E-state index in [0.717, 1.165) is 29.7 Å². The van der Waals surface area contributed by atoms with Crippen LogP contribution >= 0.6 is 0 Å². The number of nitrogens with zero attached hydrogens (tertiary/aromatic N) is 3. The van der Waals surface area contributed by atoms with Crippen LogP contribution in [0.2, 0.25) is 0 Å². The van der Waals surface area contributed by atoms with E-state index in [1.807, 2.05) is 48.3 Å². The molecule has 0 spiro atoms. The highest BCUT2D eigenvalue weighted by molar-refractivity contribution is 5.92. The maximum Gasteiger partial charge on any atom is 0.241 e. The maximum absolute atomic E-state index is 12.3. The predicted molar refractivity (Wildman–Crippen MR) is 110 cm³/mol. The molecule has 3 aromatic rings. The highest BCUT2D eigenvalue weighted by atomic mass is 16.5. The van der Waals surface area contributed by atoms with Crippen LogP contribution in [0.4, 0.5) is 5.69 Å². The van der Waals surface area contributed by atoms with Crippen molar-refractivity contribution in [3.8, 4) is 11.4 Å². The lowest BCUT2D eigenvalue weighted by molar-refractivity contribution is -0.117. The summed E-state index contributed by atoms with van der Waals surface area (Å²) < 4.78 is 5.35. The standard InChI is InChI=1S/C22H26N4O2/c1-4-16-10-12-18(13-11-16)22-24-21(28-25-22)15-26(3)14-20(27)23-19-9-7-6-8-17(19)5-2/h6-13H,4-5,14-15H2,1-3H3,(H,23,27). The quantitative estimate of drug-likeness (QED) is 0.643. The minimum absolute atomic E-state index is 0.0710. The number of rotatable bonds is 8. The Kier molecular flexibility index (Phi) is 6.55. The molecule has 0 fully saturated rings. The molecule has 6 nitrogen and oxygen atoms in total. The Morgan fingerprint density at radius 3 is 2.54 bits per heavy atom. The molecule has 0 atom stereocenters. The van der Waals surface area contributed by atoms with Gasteiger partial charge in [-0.1, -0.05) is 61.5 Å². The molecule has 0 saturated heterocycles. The molecule has 0 aliphatic heterocycles. The third-order valence-electron chi connectivity index (χ3n) is 4.58. The number of nitrogens with one attached hydrogen (secondary N) is 1. The number of anilines is 1. The molecule has 146 valence electrons. The topological polar surface area (TPSA) is 71.3 Å². The van der Waals surface area contributed by atoms with Crippen molar-refractivity contribution in [3.63, 3.8) is 0 Å². The minimum atomic E-state index is -0.0710. The molecule has 1 amide bonds. The number of carbonyl (C=O) groups is 1. The summed E-state index contributed by atoms with van der Waals surface area (Å²) in [6.07, 6.45) is 1.86. The second-order valence-corrected chi connectivity index (χ2v) is 6.79. The fourth-order valence-corrected chi connectivity index (χ4v) is 3.00. The van der Waals surface area contributed by atoms with Crippen LogP contribution in [-0.2, 0) is 24.2 Å². The fraction of sp³-hybridized carbons (Fsp3) is 0.318. The van der Waals surface area contributed by atoms with Crippen molar-refractivity contribution in [1.82, 2.24) is 15.0 Å². The van der Waals surface area contributed by atoms with Crippen molar-refractivity contribution < 1.29 is 9.32 Å². The van der Waals surface area contributed by atoms with Gasteiger partial charge in [0.05, 0.1) is 13.1 Å². The Balaban J connectivity index is 1.56. The molecule has 0 bridgehead atoms. The molecule has 1 aromatic heterocycles. The smallest absolute Gasteiger partial charge is 0.241 e. The Hall–Kier alpha value is -2.99. The summed E-state index contributed by atoms with van der Waals surface area (Å²) in [5.74, 6) is 0.976. The first-order valence-corrected chi connectivity index (χ1v) is 9.57. The molecule has 2 aromatic carbocycles. The third-order valence-corrected chi connectivity index (χ3v) is 4.58. The monoisotopic (exact) mass is 378 g/mol. The van der Waals surface area contributed by atoms with E-state index >= 15 is 0 Å². The van der Waals surface area contributed by atoms with Crippen molar-refractivity contribution in [2.45, 2.75) is 33.2 Å². The van der Waals surface area contributed by atoms with Gasteiger partial charge in [-0.05, 0) is 37.1 Å². The number of aryl methyl sites for hydroxylation is 2. The van der Waals surface area contributed by atoms with E-state index in [0.29, 0.717) is 18.3 Å². The zero-order valence-corrected chi connectivity index (χ0v) is 16.6. The summed E-state index contributed by atoms with van der Waals surface area (Å²) >= 11 is 0. The van der Waals surface area contributed by atoms with Crippen molar-refractivity contribution >= 4 is 11.6 Å². The van der Waals surface area contributed by atoms with Crippen molar-refractivity contribution in [2.75, 3.05) is 18.9 Å². The first-order valence-electron chi connectivity index (χ1n) is 9.57. The summed E-state index contributed by atoms with van der Waals surface area (Å²) in [5.41, 5.74) is 4.17. The van der Waals surface area contributed by atoms with Crippen molar-refractivity contribution in [1.29, 1.82) is 0 Å². The average Bonchev–Trinajstić information content (AvgIpc) is 3.16. The molecule has 0 aliphatic carbocycles. The number of hydrogen-bond acceptors (Lipinski definition) is 5. The van der Waals surface area contributed by atoms with Crippen LogP contribution in [0, 0.1) is 0 Å². The van der Waals surface area contributed by atoms with Crippen LogP contribution in [0.5, 0.6) is 0 Å². The lowest BCUT2D eigenvalue weighted by atomic mass is 10.1. The minimum Gasteiger partial charge on any atom is -0.338 e. The van der Waals surface area contributed by atoms with Crippen LogP contribution in [-0.4, -0.2) is 34.5 Å². The molecule has 28 heavy (non-hydrogen) atoms. The molecule has 3 rings (SSSR count). The van der Waals surface area contributed by atoms with Crippen molar-refractivity contribution in [3.05, 3.63) is 65.5 Å². The van der Waals surface area contributed by atoms with E-state index in [9.17, 15) is 4.79 Å². The SMILES string of the molecule is CCc1ccc(-c2noc(CN(C)CC(=O)Nc3ccccc3CC)n2)cc1. The van der Waals surface area contributed by atoms with Crippen LogP contribution in [0.1, 0.15) is 30.9 Å².